The van der Waals surface area contributed by atoms with E-state index in [1.54, 1.807) is 19.2 Å². The first-order chi connectivity index (χ1) is 12.0. The van der Waals surface area contributed by atoms with Gasteiger partial charge in [0.25, 0.3) is 0 Å². The van der Waals surface area contributed by atoms with E-state index in [-0.39, 0.29) is 28.9 Å². The van der Waals surface area contributed by atoms with E-state index >= 15 is 0 Å². The third kappa shape index (κ3) is 4.68. The Labute approximate surface area is 172 Å². The summed E-state index contributed by atoms with van der Waals surface area (Å²) in [6, 6.07) is 6.88. The van der Waals surface area contributed by atoms with Crippen molar-refractivity contribution in [3.63, 3.8) is 0 Å². The molecule has 0 aromatic heterocycles. The molecule has 0 bridgehead atoms. The van der Waals surface area contributed by atoms with Crippen LogP contribution in [0.25, 0.3) is 0 Å². The molecule has 0 saturated carbocycles. The van der Waals surface area contributed by atoms with Gasteiger partial charge in [0, 0.05) is 38.7 Å². The monoisotopic (exact) mass is 494 g/mol. The molecule has 2 aliphatic heterocycles. The molecule has 0 amide bonds. The van der Waals surface area contributed by atoms with Crippen molar-refractivity contribution in [1.29, 1.82) is 0 Å². The molecule has 1 unspecified atom stereocenters. The number of likely N-dealkylation sites (tertiary alicyclic amines) is 1. The third-order valence-corrected chi connectivity index (χ3v) is 6.52. The molecule has 0 radical (unpaired) electrons. The summed E-state index contributed by atoms with van der Waals surface area (Å²) in [7, 11) is -0.189. The van der Waals surface area contributed by atoms with Crippen molar-refractivity contribution in [1.82, 2.24) is 14.9 Å². The fourth-order valence-corrected chi connectivity index (χ4v) is 4.24. The second-order valence-corrected chi connectivity index (χ2v) is 8.61. The fraction of sp³-hybridized carbons (Fsp3) is 0.588. The molecule has 26 heavy (non-hydrogen) atoms. The maximum absolute atomic E-state index is 11.8. The molecule has 0 aliphatic carbocycles. The van der Waals surface area contributed by atoms with Crippen molar-refractivity contribution in [2.75, 3.05) is 40.4 Å². The largest absolute Gasteiger partial charge is 0.381 e. The van der Waals surface area contributed by atoms with Crippen LogP contribution in [0.15, 0.2) is 34.2 Å². The highest BCUT2D eigenvalue weighted by molar-refractivity contribution is 14.0. The van der Waals surface area contributed by atoms with Crippen molar-refractivity contribution in [3.05, 3.63) is 29.8 Å². The normalized spacial score (nSPS) is 23.3. The van der Waals surface area contributed by atoms with E-state index in [1.807, 2.05) is 12.1 Å². The molecular formula is C17H27IN4O3S. The maximum atomic E-state index is 11.8. The molecule has 1 atom stereocenters. The number of benzene rings is 1. The third-order valence-electron chi connectivity index (χ3n) is 5.09. The molecule has 2 fully saturated rings. The van der Waals surface area contributed by atoms with Gasteiger partial charge in [-0.2, -0.15) is 0 Å². The van der Waals surface area contributed by atoms with E-state index in [0.29, 0.717) is 12.0 Å². The van der Waals surface area contributed by atoms with Gasteiger partial charge in [0.2, 0.25) is 10.0 Å². The molecule has 2 heterocycles. The standard InChI is InChI=1S/C17H26N4O3S.HI/c1-18-16(21-9-7-17(12-21)8-10-24-13-17)20-11-14-3-5-15(6-4-14)25(22,23)19-2;/h3-6,19H,7-13H2,1-2H3,(H,18,20);1H. The summed E-state index contributed by atoms with van der Waals surface area (Å²) in [6.45, 7) is 4.28. The zero-order valence-corrected chi connectivity index (χ0v) is 18.3. The molecule has 146 valence electrons. The van der Waals surface area contributed by atoms with E-state index in [2.05, 4.69) is 19.9 Å². The Kier molecular flexibility index (Phi) is 7.28. The van der Waals surface area contributed by atoms with Gasteiger partial charge in [0.1, 0.15) is 0 Å². The molecule has 7 nitrogen and oxygen atoms in total. The number of rotatable bonds is 4. The Morgan fingerprint density at radius 3 is 2.62 bits per heavy atom. The van der Waals surface area contributed by atoms with Crippen LogP contribution in [0.2, 0.25) is 0 Å². The van der Waals surface area contributed by atoms with Gasteiger partial charge in [-0.05, 0) is 37.6 Å². The van der Waals surface area contributed by atoms with E-state index in [4.69, 9.17) is 4.74 Å². The van der Waals surface area contributed by atoms with Crippen molar-refractivity contribution in [3.8, 4) is 0 Å². The highest BCUT2D eigenvalue weighted by atomic mass is 127. The van der Waals surface area contributed by atoms with Gasteiger partial charge in [-0.25, -0.2) is 13.1 Å². The molecule has 1 aromatic rings. The van der Waals surface area contributed by atoms with Crippen LogP contribution >= 0.6 is 24.0 Å². The summed E-state index contributed by atoms with van der Waals surface area (Å²) in [5.41, 5.74) is 1.30. The average Bonchev–Trinajstić information content (AvgIpc) is 3.26. The van der Waals surface area contributed by atoms with Crippen LogP contribution in [0, 0.1) is 5.41 Å². The predicted octanol–water partition coefficient (Wildman–Crippen LogP) is 1.40. The van der Waals surface area contributed by atoms with Crippen molar-refractivity contribution < 1.29 is 13.2 Å². The number of sulfonamides is 1. The second-order valence-electron chi connectivity index (χ2n) is 6.73. The number of halogens is 1. The maximum Gasteiger partial charge on any atom is 0.240 e. The average molecular weight is 494 g/mol. The molecule has 1 spiro atoms. The van der Waals surface area contributed by atoms with Crippen LogP contribution in [0.3, 0.4) is 0 Å². The van der Waals surface area contributed by atoms with Crippen LogP contribution in [0.4, 0.5) is 0 Å². The Hall–Kier alpha value is -0.910. The molecular weight excluding hydrogens is 467 g/mol. The smallest absolute Gasteiger partial charge is 0.240 e. The number of ether oxygens (including phenoxy) is 1. The minimum atomic E-state index is -3.39. The first-order valence-corrected chi connectivity index (χ1v) is 10.0. The lowest BCUT2D eigenvalue weighted by molar-refractivity contribution is 0.156. The Morgan fingerprint density at radius 1 is 1.31 bits per heavy atom. The molecule has 2 aliphatic rings. The summed E-state index contributed by atoms with van der Waals surface area (Å²) < 4.78 is 31.4. The Bertz CT molecular complexity index is 731. The van der Waals surface area contributed by atoms with Gasteiger partial charge in [0.05, 0.1) is 11.5 Å². The molecule has 2 saturated heterocycles. The van der Waals surface area contributed by atoms with Crippen LogP contribution < -0.4 is 10.0 Å². The number of hydrogen-bond acceptors (Lipinski definition) is 4. The fourth-order valence-electron chi connectivity index (χ4n) is 3.51. The van der Waals surface area contributed by atoms with E-state index in [9.17, 15) is 8.42 Å². The lowest BCUT2D eigenvalue weighted by Crippen LogP contribution is -2.41. The number of nitrogens with zero attached hydrogens (tertiary/aromatic N) is 2. The van der Waals surface area contributed by atoms with Gasteiger partial charge < -0.3 is 15.0 Å². The van der Waals surface area contributed by atoms with E-state index in [1.165, 1.54) is 7.05 Å². The highest BCUT2D eigenvalue weighted by Gasteiger charge is 2.42. The topological polar surface area (TPSA) is 83.0 Å². The van der Waals surface area contributed by atoms with Crippen molar-refractivity contribution in [2.24, 2.45) is 10.4 Å². The van der Waals surface area contributed by atoms with Crippen LogP contribution in [-0.2, 0) is 21.3 Å². The van der Waals surface area contributed by atoms with Crippen molar-refractivity contribution in [2.45, 2.75) is 24.3 Å². The van der Waals surface area contributed by atoms with E-state index in [0.717, 1.165) is 50.7 Å². The minimum absolute atomic E-state index is 0. The number of guanidine groups is 1. The SMILES string of the molecule is CN=C(NCc1ccc(S(=O)(=O)NC)cc1)N1CCC2(CCOC2)C1.I. The van der Waals surface area contributed by atoms with Crippen LogP contribution in [0.1, 0.15) is 18.4 Å². The number of aliphatic imine (C=N–C) groups is 1. The molecule has 1 aromatic carbocycles. The summed E-state index contributed by atoms with van der Waals surface area (Å²) in [5.74, 6) is 0.885. The van der Waals surface area contributed by atoms with Crippen molar-refractivity contribution >= 4 is 40.0 Å². The van der Waals surface area contributed by atoms with Gasteiger partial charge >= 0.3 is 0 Å². The second kappa shape index (κ2) is 8.85. The molecule has 9 heteroatoms. The van der Waals surface area contributed by atoms with Crippen LogP contribution in [-0.4, -0.2) is 59.7 Å². The zero-order chi connectivity index (χ0) is 17.9. The zero-order valence-electron chi connectivity index (χ0n) is 15.2. The highest BCUT2D eigenvalue weighted by Crippen LogP contribution is 2.38. The number of hydrogen-bond donors (Lipinski definition) is 2. The Balaban J connectivity index is 0.00000243. The van der Waals surface area contributed by atoms with Gasteiger partial charge in [-0.1, -0.05) is 12.1 Å². The Morgan fingerprint density at radius 2 is 2.04 bits per heavy atom. The van der Waals surface area contributed by atoms with Crippen LogP contribution in [0.5, 0.6) is 0 Å². The predicted molar refractivity (Wildman–Crippen MR) is 112 cm³/mol. The van der Waals surface area contributed by atoms with Gasteiger partial charge in [-0.3, -0.25) is 4.99 Å². The van der Waals surface area contributed by atoms with Gasteiger partial charge in [0.15, 0.2) is 5.96 Å². The minimum Gasteiger partial charge on any atom is -0.381 e. The summed E-state index contributed by atoms with van der Waals surface area (Å²) in [4.78, 5) is 6.95. The number of nitrogens with one attached hydrogen (secondary N) is 2. The lowest BCUT2D eigenvalue weighted by atomic mass is 9.87. The first-order valence-electron chi connectivity index (χ1n) is 8.54. The van der Waals surface area contributed by atoms with E-state index < -0.39 is 10.0 Å². The quantitative estimate of drug-likeness (QED) is 0.376. The molecule has 3 rings (SSSR count). The lowest BCUT2D eigenvalue weighted by Gasteiger charge is -2.25. The summed E-state index contributed by atoms with van der Waals surface area (Å²) >= 11 is 0. The summed E-state index contributed by atoms with van der Waals surface area (Å²) in [5, 5.41) is 3.38. The first kappa shape index (κ1) is 21.4. The molecule has 2 N–H and O–H groups in total. The van der Waals surface area contributed by atoms with Gasteiger partial charge in [-0.15, -0.1) is 24.0 Å². The summed E-state index contributed by atoms with van der Waals surface area (Å²) in [6.07, 6.45) is 2.27.